The van der Waals surface area contributed by atoms with Crippen LogP contribution in [0.2, 0.25) is 0 Å². The molecule has 1 aromatic rings. The summed E-state index contributed by atoms with van der Waals surface area (Å²) in [6.07, 6.45) is 3.90. The average molecular weight is 353 g/mol. The Morgan fingerprint density at radius 1 is 1.25 bits per heavy atom. The normalized spacial score (nSPS) is 26.8. The van der Waals surface area contributed by atoms with Crippen LogP contribution in [0.15, 0.2) is 24.3 Å². The number of ether oxygens (including phenoxy) is 2. The third-order valence-corrected chi connectivity index (χ3v) is 5.42. The van der Waals surface area contributed by atoms with Crippen molar-refractivity contribution in [1.82, 2.24) is 0 Å². The second kappa shape index (κ2) is 7.66. The Morgan fingerprint density at radius 3 is 2.38 bits per heavy atom. The molecule has 4 nitrogen and oxygen atoms in total. The van der Waals surface area contributed by atoms with Gasteiger partial charge < -0.3 is 9.47 Å². The molecule has 0 bridgehead atoms. The molecule has 0 aromatic heterocycles. The molecule has 1 saturated heterocycles. The Balaban J connectivity index is 2.08. The van der Waals surface area contributed by atoms with Gasteiger partial charge in [0.25, 0.3) is 5.24 Å². The van der Waals surface area contributed by atoms with Gasteiger partial charge in [0.1, 0.15) is 0 Å². The van der Waals surface area contributed by atoms with Crippen LogP contribution in [0.25, 0.3) is 0 Å². The van der Waals surface area contributed by atoms with Gasteiger partial charge in [-0.2, -0.15) is 0 Å². The fraction of sp³-hybridized carbons (Fsp3) is 0.579. The molecule has 0 spiro atoms. The van der Waals surface area contributed by atoms with Crippen LogP contribution < -0.4 is 0 Å². The fourth-order valence-electron chi connectivity index (χ4n) is 3.28. The molecule has 132 valence electrons. The van der Waals surface area contributed by atoms with Crippen molar-refractivity contribution in [2.75, 3.05) is 13.7 Å². The Morgan fingerprint density at radius 2 is 1.92 bits per heavy atom. The number of esters is 1. The van der Waals surface area contributed by atoms with Crippen LogP contribution in [0, 0.1) is 5.41 Å². The summed E-state index contributed by atoms with van der Waals surface area (Å²) in [6.45, 7) is 4.87. The van der Waals surface area contributed by atoms with Gasteiger partial charge in [0.2, 0.25) is 0 Å². The summed E-state index contributed by atoms with van der Waals surface area (Å²) in [5.74, 6) is -0.176. The molecule has 0 radical (unpaired) electrons. The third kappa shape index (κ3) is 4.17. The van der Waals surface area contributed by atoms with Gasteiger partial charge in [-0.25, -0.2) is 0 Å². The predicted molar refractivity (Wildman–Crippen MR) is 93.1 cm³/mol. The first kappa shape index (κ1) is 18.9. The molecule has 1 fully saturated rings. The van der Waals surface area contributed by atoms with Crippen LogP contribution in [0.4, 0.5) is 0 Å². The highest BCUT2D eigenvalue weighted by molar-refractivity contribution is 6.67. The molecular weight excluding hydrogens is 328 g/mol. The van der Waals surface area contributed by atoms with Crippen molar-refractivity contribution in [1.29, 1.82) is 0 Å². The van der Waals surface area contributed by atoms with E-state index < -0.39 is 5.24 Å². The molecule has 1 aliphatic rings. The maximum atomic E-state index is 11.4. The third-order valence-electron chi connectivity index (χ3n) is 5.20. The topological polar surface area (TPSA) is 52.6 Å². The van der Waals surface area contributed by atoms with Crippen molar-refractivity contribution in [3.05, 3.63) is 35.4 Å². The van der Waals surface area contributed by atoms with E-state index in [9.17, 15) is 9.59 Å². The van der Waals surface area contributed by atoms with E-state index >= 15 is 0 Å². The highest BCUT2D eigenvalue weighted by atomic mass is 35.5. The Kier molecular flexibility index (Phi) is 6.05. The minimum atomic E-state index is -0.452. The van der Waals surface area contributed by atoms with Gasteiger partial charge >= 0.3 is 5.97 Å². The number of benzene rings is 1. The maximum Gasteiger partial charge on any atom is 0.305 e. The first-order valence-corrected chi connectivity index (χ1v) is 8.73. The van der Waals surface area contributed by atoms with Gasteiger partial charge in [-0.1, -0.05) is 26.0 Å². The van der Waals surface area contributed by atoms with Crippen molar-refractivity contribution in [2.45, 2.75) is 51.6 Å². The Hall–Kier alpha value is -1.39. The van der Waals surface area contributed by atoms with Crippen molar-refractivity contribution in [2.24, 2.45) is 5.41 Å². The smallest absolute Gasteiger partial charge is 0.305 e. The largest absolute Gasteiger partial charge is 0.469 e. The van der Waals surface area contributed by atoms with Gasteiger partial charge in [0.05, 0.1) is 19.3 Å². The van der Waals surface area contributed by atoms with Crippen LogP contribution in [0.1, 0.15) is 61.9 Å². The first-order chi connectivity index (χ1) is 11.3. The van der Waals surface area contributed by atoms with E-state index in [1.807, 2.05) is 12.1 Å². The van der Waals surface area contributed by atoms with Crippen LogP contribution in [0.5, 0.6) is 0 Å². The maximum absolute atomic E-state index is 11.4. The van der Waals surface area contributed by atoms with Crippen molar-refractivity contribution in [3.8, 4) is 0 Å². The molecule has 0 N–H and O–H groups in total. The lowest BCUT2D eigenvalue weighted by Crippen LogP contribution is -2.41. The molecule has 2 atom stereocenters. The van der Waals surface area contributed by atoms with E-state index in [2.05, 4.69) is 13.8 Å². The zero-order valence-electron chi connectivity index (χ0n) is 14.6. The standard InChI is InChI=1S/C19H25ClO4/c1-4-19(15-7-5-14(6-8-15)17(20)22)12-11-18(2,13-24-19)10-9-16(21)23-3/h5-8H,4,9-13H2,1-3H3. The van der Waals surface area contributed by atoms with Gasteiger partial charge in [-0.3, -0.25) is 9.59 Å². The van der Waals surface area contributed by atoms with Crippen molar-refractivity contribution < 1.29 is 19.1 Å². The molecule has 1 aliphatic heterocycles. The summed E-state index contributed by atoms with van der Waals surface area (Å²) in [6, 6.07) is 7.35. The molecule has 2 rings (SSSR count). The van der Waals surface area contributed by atoms with Gasteiger partial charge in [0, 0.05) is 12.0 Å². The number of carbonyl (C=O) groups is 2. The van der Waals surface area contributed by atoms with Crippen LogP contribution in [-0.4, -0.2) is 24.9 Å². The zero-order valence-corrected chi connectivity index (χ0v) is 15.3. The molecule has 5 heteroatoms. The molecule has 0 amide bonds. The summed E-state index contributed by atoms with van der Waals surface area (Å²) in [5.41, 5.74) is 1.21. The number of halogens is 1. The molecule has 2 unspecified atom stereocenters. The van der Waals surface area contributed by atoms with Gasteiger partial charge in [0.15, 0.2) is 0 Å². The Labute approximate surface area is 148 Å². The van der Waals surface area contributed by atoms with Crippen molar-refractivity contribution in [3.63, 3.8) is 0 Å². The quantitative estimate of drug-likeness (QED) is 0.561. The summed E-state index contributed by atoms with van der Waals surface area (Å²) < 4.78 is 11.0. The second-order valence-electron chi connectivity index (χ2n) is 6.87. The summed E-state index contributed by atoms with van der Waals surface area (Å²) >= 11 is 5.51. The molecule has 1 heterocycles. The second-order valence-corrected chi connectivity index (χ2v) is 7.22. The molecule has 24 heavy (non-hydrogen) atoms. The highest BCUT2D eigenvalue weighted by Gasteiger charge is 2.41. The van der Waals surface area contributed by atoms with E-state index in [0.717, 1.165) is 31.2 Å². The van der Waals surface area contributed by atoms with E-state index in [-0.39, 0.29) is 17.0 Å². The molecule has 1 aromatic carbocycles. The summed E-state index contributed by atoms with van der Waals surface area (Å²) in [7, 11) is 1.42. The van der Waals surface area contributed by atoms with E-state index in [1.165, 1.54) is 7.11 Å². The number of carbonyl (C=O) groups excluding carboxylic acids is 2. The lowest BCUT2D eigenvalue weighted by atomic mass is 9.73. The fourth-order valence-corrected chi connectivity index (χ4v) is 3.41. The lowest BCUT2D eigenvalue weighted by Gasteiger charge is -2.45. The van der Waals surface area contributed by atoms with Crippen molar-refractivity contribution >= 4 is 22.8 Å². The van der Waals surface area contributed by atoms with Crippen LogP contribution >= 0.6 is 11.6 Å². The zero-order chi connectivity index (χ0) is 17.8. The molecule has 0 aliphatic carbocycles. The predicted octanol–water partition coefficient (Wildman–Crippen LogP) is 4.44. The van der Waals surface area contributed by atoms with E-state index in [4.69, 9.17) is 21.1 Å². The molecule has 0 saturated carbocycles. The average Bonchev–Trinajstić information content (AvgIpc) is 2.61. The SMILES string of the molecule is CCC1(c2ccc(C(=O)Cl)cc2)CCC(C)(CCC(=O)OC)CO1. The summed E-state index contributed by atoms with van der Waals surface area (Å²) in [5, 5.41) is -0.452. The summed E-state index contributed by atoms with van der Waals surface area (Å²) in [4.78, 5) is 22.6. The number of rotatable bonds is 6. The van der Waals surface area contributed by atoms with E-state index in [0.29, 0.717) is 18.6 Å². The first-order valence-electron chi connectivity index (χ1n) is 8.35. The minimum absolute atomic E-state index is 0.0150. The molecular formula is C19H25ClO4. The van der Waals surface area contributed by atoms with E-state index in [1.54, 1.807) is 12.1 Å². The number of hydrogen-bond acceptors (Lipinski definition) is 4. The number of methoxy groups -OCH3 is 1. The minimum Gasteiger partial charge on any atom is -0.469 e. The van der Waals surface area contributed by atoms with Crippen LogP contribution in [-0.2, 0) is 19.9 Å². The van der Waals surface area contributed by atoms with Gasteiger partial charge in [-0.05, 0) is 60.4 Å². The monoisotopic (exact) mass is 352 g/mol. The number of hydrogen-bond donors (Lipinski definition) is 0. The Bertz CT molecular complexity index is 586. The van der Waals surface area contributed by atoms with Crippen LogP contribution in [0.3, 0.4) is 0 Å². The van der Waals surface area contributed by atoms with Gasteiger partial charge in [-0.15, -0.1) is 0 Å². The lowest BCUT2D eigenvalue weighted by molar-refractivity contribution is -0.148. The highest BCUT2D eigenvalue weighted by Crippen LogP contribution is 2.45.